The summed E-state index contributed by atoms with van der Waals surface area (Å²) in [5, 5.41) is 25.1. The quantitative estimate of drug-likeness (QED) is 0.140. The van der Waals surface area contributed by atoms with E-state index < -0.39 is 17.3 Å². The molecule has 0 bridgehead atoms. The van der Waals surface area contributed by atoms with Crippen molar-refractivity contribution in [2.75, 3.05) is 75.8 Å². The Bertz CT molecular complexity index is 2980. The first kappa shape index (κ1) is 50.7. The molecule has 0 atom stereocenters. The maximum atomic E-state index is 14.8. The Morgan fingerprint density at radius 2 is 1.66 bits per heavy atom. The molecule has 2 saturated heterocycles. The first-order valence-corrected chi connectivity index (χ1v) is 25.9. The number of nitrogens with one attached hydrogen (secondary N) is 2. The van der Waals surface area contributed by atoms with Crippen molar-refractivity contribution in [3.8, 4) is 22.9 Å². The SMILES string of the molecule is CNC(=O)N1CCc2c(c(N3CCCc4cc(-c5cnn(C)c5)c(C(F)F)cc43)nn2C2CCN(C(=O)CN3CCN(c4ncc(C(=O)NC5C(C)(C)C(Oc6ccc(C#N)c(Cl)c6)C5(C)C)cn4)CC3)CC2)C1. The summed E-state index contributed by atoms with van der Waals surface area (Å²) in [6.07, 6.45) is 7.11. The molecule has 0 spiro atoms. The number of aryl methyl sites for hydroxylation is 2. The highest BCUT2D eigenvalue weighted by molar-refractivity contribution is 6.31. The maximum Gasteiger partial charge on any atom is 0.317 e. The third-order valence-corrected chi connectivity index (χ3v) is 16.3. The number of carbonyl (C=O) groups excluding carboxylic acids is 3. The van der Waals surface area contributed by atoms with Crippen LogP contribution in [-0.2, 0) is 31.2 Å². The van der Waals surface area contributed by atoms with Crippen molar-refractivity contribution in [2.24, 2.45) is 17.9 Å². The van der Waals surface area contributed by atoms with Crippen molar-refractivity contribution in [3.05, 3.63) is 93.7 Å². The van der Waals surface area contributed by atoms with Crippen LogP contribution in [0.5, 0.6) is 5.75 Å². The Balaban J connectivity index is 0.743. The van der Waals surface area contributed by atoms with E-state index in [1.54, 1.807) is 72.7 Å². The predicted octanol–water partition coefficient (Wildman–Crippen LogP) is 6.92. The van der Waals surface area contributed by atoms with Crippen LogP contribution in [0.15, 0.2) is 55.1 Å². The van der Waals surface area contributed by atoms with Crippen molar-refractivity contribution < 1.29 is 27.9 Å². The number of aromatic nitrogens is 6. The van der Waals surface area contributed by atoms with Gasteiger partial charge in [-0.25, -0.2) is 23.5 Å². The molecule has 1 aliphatic carbocycles. The van der Waals surface area contributed by atoms with Gasteiger partial charge in [-0.2, -0.15) is 15.5 Å². The van der Waals surface area contributed by atoms with Crippen LogP contribution in [0.4, 0.5) is 31.0 Å². The van der Waals surface area contributed by atoms with Gasteiger partial charge in [0.1, 0.15) is 17.9 Å². The van der Waals surface area contributed by atoms with Gasteiger partial charge in [-0.3, -0.25) is 23.9 Å². The topological polar surface area (TPSA) is 186 Å². The second kappa shape index (κ2) is 20.1. The van der Waals surface area contributed by atoms with Gasteiger partial charge in [-0.15, -0.1) is 0 Å². The van der Waals surface area contributed by atoms with Crippen LogP contribution >= 0.6 is 11.6 Å². The summed E-state index contributed by atoms with van der Waals surface area (Å²) < 4.78 is 39.7. The minimum atomic E-state index is -2.70. The van der Waals surface area contributed by atoms with E-state index in [1.807, 2.05) is 11.0 Å². The summed E-state index contributed by atoms with van der Waals surface area (Å²) >= 11 is 6.27. The van der Waals surface area contributed by atoms with Crippen molar-refractivity contribution in [3.63, 3.8) is 0 Å². The Labute approximate surface area is 434 Å². The van der Waals surface area contributed by atoms with E-state index in [4.69, 9.17) is 21.4 Å². The van der Waals surface area contributed by atoms with Gasteiger partial charge >= 0.3 is 6.03 Å². The number of piperazine rings is 1. The monoisotopic (exact) mass is 1030 g/mol. The van der Waals surface area contributed by atoms with Crippen molar-refractivity contribution in [1.29, 1.82) is 5.26 Å². The minimum absolute atomic E-state index is 0.0216. The first-order chi connectivity index (χ1) is 35.4. The molecular weight excluding hydrogens is 970 g/mol. The molecule has 74 heavy (non-hydrogen) atoms. The number of carbonyl (C=O) groups is 3. The highest BCUT2D eigenvalue weighted by Gasteiger charge is 2.64. The van der Waals surface area contributed by atoms with Gasteiger partial charge in [0.2, 0.25) is 11.9 Å². The Morgan fingerprint density at radius 1 is 0.932 bits per heavy atom. The van der Waals surface area contributed by atoms with E-state index >= 15 is 0 Å². The predicted molar refractivity (Wildman–Crippen MR) is 275 cm³/mol. The van der Waals surface area contributed by atoms with Gasteiger partial charge in [0, 0.05) is 142 Å². The largest absolute Gasteiger partial charge is 0.489 e. The van der Waals surface area contributed by atoms with Gasteiger partial charge in [-0.1, -0.05) is 39.3 Å². The van der Waals surface area contributed by atoms with Crippen LogP contribution in [0.25, 0.3) is 11.1 Å². The normalized spacial score (nSPS) is 20.6. The molecule has 18 nitrogen and oxygen atoms in total. The van der Waals surface area contributed by atoms with Crippen LogP contribution in [0, 0.1) is 22.2 Å². The van der Waals surface area contributed by atoms with Crippen LogP contribution in [0.2, 0.25) is 5.02 Å². The number of likely N-dealkylation sites (tertiary alicyclic amines) is 1. The standard InChI is InChI=1S/C53H63ClF2N14O4/c1-52(2)48(53(3,4)49(52)74-37-10-9-33(25-57)41(54)23-37)62-47(72)34-26-59-50(60-27-34)67-20-18-65(19-21-67)31-44(71)66-15-11-36(12-16-66)70-42-13-17-68(51(73)58-5)30-40(42)46(63-70)69-14-7-8-32-22-38(35-28-61-64(6)29-35)39(45(55)56)24-43(32)69/h9-10,22-24,26-29,36,45,48-49H,7-8,11-21,30-31H2,1-6H3,(H,58,73)(H,62,72). The van der Waals surface area contributed by atoms with Crippen LogP contribution in [0.3, 0.4) is 0 Å². The Morgan fingerprint density at radius 3 is 2.31 bits per heavy atom. The number of amides is 4. The van der Waals surface area contributed by atoms with Crippen LogP contribution in [0.1, 0.15) is 97.7 Å². The smallest absolute Gasteiger partial charge is 0.317 e. The number of anilines is 3. The molecule has 2 aromatic carbocycles. The van der Waals surface area contributed by atoms with Gasteiger partial charge in [-0.05, 0) is 61.1 Å². The van der Waals surface area contributed by atoms with Crippen LogP contribution in [-0.4, -0.2) is 140 Å². The molecule has 3 aromatic heterocycles. The summed E-state index contributed by atoms with van der Waals surface area (Å²) in [5.74, 6) is 1.59. The molecule has 5 aliphatic rings. The molecule has 21 heteroatoms. The fourth-order valence-corrected chi connectivity index (χ4v) is 12.5. The van der Waals surface area contributed by atoms with Crippen LogP contribution < -0.4 is 25.2 Å². The van der Waals surface area contributed by atoms with Crippen molar-refractivity contribution >= 4 is 46.9 Å². The van der Waals surface area contributed by atoms with E-state index in [0.29, 0.717) is 135 Å². The third kappa shape index (κ3) is 9.48. The lowest BCUT2D eigenvalue weighted by Gasteiger charge is -2.63. The van der Waals surface area contributed by atoms with Gasteiger partial charge in [0.05, 0.1) is 41.5 Å². The zero-order valence-electron chi connectivity index (χ0n) is 42.7. The average molecular weight is 1030 g/mol. The number of alkyl halides is 2. The number of ether oxygens (including phenoxy) is 1. The highest BCUT2D eigenvalue weighted by atomic mass is 35.5. The van der Waals surface area contributed by atoms with Gasteiger partial charge in [0.25, 0.3) is 12.3 Å². The molecule has 4 amide bonds. The fourth-order valence-electron chi connectivity index (χ4n) is 12.3. The summed E-state index contributed by atoms with van der Waals surface area (Å²) in [6.45, 7) is 13.7. The fraction of sp³-hybridized carbons (Fsp3) is 0.509. The second-order valence-corrected chi connectivity index (χ2v) is 21.8. The third-order valence-electron chi connectivity index (χ3n) is 15.9. The number of urea groups is 1. The number of fused-ring (bicyclic) bond motifs is 2. The number of nitriles is 1. The van der Waals surface area contributed by atoms with Gasteiger partial charge in [0.15, 0.2) is 5.82 Å². The highest BCUT2D eigenvalue weighted by Crippen LogP contribution is 2.56. The maximum absolute atomic E-state index is 14.8. The first-order valence-electron chi connectivity index (χ1n) is 25.5. The van der Waals surface area contributed by atoms with E-state index in [1.165, 1.54) is 0 Å². The van der Waals surface area contributed by atoms with Crippen molar-refractivity contribution in [2.45, 2.75) is 91.0 Å². The lowest BCUT2D eigenvalue weighted by molar-refractivity contribution is -0.164. The zero-order chi connectivity index (χ0) is 52.2. The van der Waals surface area contributed by atoms with E-state index in [-0.39, 0.29) is 41.6 Å². The molecule has 5 aromatic rings. The van der Waals surface area contributed by atoms with E-state index in [2.05, 4.69) is 78.8 Å². The number of piperidine rings is 1. The molecule has 390 valence electrons. The Hall–Kier alpha value is -6.85. The molecular formula is C53H63ClF2N14O4. The lowest BCUT2D eigenvalue weighted by atomic mass is 9.49. The number of nitrogens with zero attached hydrogens (tertiary/aromatic N) is 12. The summed E-state index contributed by atoms with van der Waals surface area (Å²) in [5.41, 5.74) is 4.61. The number of hydrogen-bond donors (Lipinski definition) is 2. The minimum Gasteiger partial charge on any atom is -0.489 e. The molecule has 10 rings (SSSR count). The van der Waals surface area contributed by atoms with E-state index in [0.717, 1.165) is 29.7 Å². The number of hydrogen-bond acceptors (Lipinski definition) is 12. The molecule has 3 fully saturated rings. The molecule has 1 saturated carbocycles. The second-order valence-electron chi connectivity index (χ2n) is 21.4. The lowest BCUT2D eigenvalue weighted by Crippen LogP contribution is -2.74. The molecule has 4 aliphatic heterocycles. The number of rotatable bonds is 11. The van der Waals surface area contributed by atoms with Crippen molar-refractivity contribution in [1.82, 2.24) is 54.9 Å². The molecule has 0 radical (unpaired) electrons. The number of benzene rings is 2. The van der Waals surface area contributed by atoms with Gasteiger partial charge < -0.3 is 35.0 Å². The molecule has 7 heterocycles. The average Bonchev–Trinajstić information content (AvgIpc) is 4.02. The summed E-state index contributed by atoms with van der Waals surface area (Å²) in [6, 6.07) is 10.2. The molecule has 0 unspecified atom stereocenters. The molecule has 2 N–H and O–H groups in total. The zero-order valence-corrected chi connectivity index (χ0v) is 43.5. The Kier molecular flexibility index (Phi) is 13.8. The number of halogens is 3. The summed E-state index contributed by atoms with van der Waals surface area (Å²) in [7, 11) is 3.39. The summed E-state index contributed by atoms with van der Waals surface area (Å²) in [4.78, 5) is 59.5. The van der Waals surface area contributed by atoms with E-state index in [9.17, 15) is 28.4 Å².